The van der Waals surface area contributed by atoms with E-state index in [-0.39, 0.29) is 19.8 Å². The summed E-state index contributed by atoms with van der Waals surface area (Å²) in [5, 5.41) is 0. The molecule has 0 aromatic heterocycles. The maximum absolute atomic E-state index is 12.7. The third-order valence-corrected chi connectivity index (χ3v) is 7.65. The molecule has 0 atom stereocenters. The first-order valence-electron chi connectivity index (χ1n) is 12.4. The monoisotopic (exact) mass is 473 g/mol. The molecule has 2 N–H and O–H groups in total. The minimum absolute atomic E-state index is 0.172. The van der Waals surface area contributed by atoms with Crippen molar-refractivity contribution >= 4 is 7.82 Å². The topological polar surface area (TPSA) is 70.8 Å². The lowest BCUT2D eigenvalue weighted by atomic mass is 9.93. The minimum atomic E-state index is -3.53. The molecular formula is C27H40NO4P. The van der Waals surface area contributed by atoms with Gasteiger partial charge in [0.25, 0.3) is 0 Å². The summed E-state index contributed by atoms with van der Waals surface area (Å²) in [6.45, 7) is 2.88. The van der Waals surface area contributed by atoms with E-state index in [1.54, 1.807) is 0 Å². The third-order valence-electron chi connectivity index (χ3n) is 6.26. The molecule has 2 aromatic rings. The lowest BCUT2D eigenvalue weighted by molar-refractivity contribution is 0.0218. The van der Waals surface area contributed by atoms with E-state index in [9.17, 15) is 4.57 Å². The van der Waals surface area contributed by atoms with Crippen molar-refractivity contribution in [2.45, 2.75) is 76.7 Å². The normalized spacial score (nSPS) is 23.0. The molecule has 1 aliphatic rings. The molecule has 0 bridgehead atoms. The Morgan fingerprint density at radius 2 is 1.39 bits per heavy atom. The summed E-state index contributed by atoms with van der Waals surface area (Å²) in [5.74, 6) is 0. The van der Waals surface area contributed by atoms with Crippen LogP contribution in [0.5, 0.6) is 0 Å². The van der Waals surface area contributed by atoms with Gasteiger partial charge in [-0.15, -0.1) is 0 Å². The molecule has 182 valence electrons. The quantitative estimate of drug-likeness (QED) is 0.246. The first kappa shape index (κ1) is 26.1. The molecule has 0 amide bonds. The van der Waals surface area contributed by atoms with Crippen molar-refractivity contribution < 1.29 is 18.1 Å². The van der Waals surface area contributed by atoms with Gasteiger partial charge in [-0.2, -0.15) is 0 Å². The van der Waals surface area contributed by atoms with Crippen molar-refractivity contribution in [3.8, 4) is 0 Å². The Balaban J connectivity index is 1.34. The Morgan fingerprint density at radius 3 is 2.06 bits per heavy atom. The Morgan fingerprint density at radius 1 is 0.818 bits per heavy atom. The van der Waals surface area contributed by atoms with Crippen LogP contribution in [0.4, 0.5) is 0 Å². The van der Waals surface area contributed by atoms with Crippen LogP contribution in [-0.4, -0.2) is 25.4 Å². The summed E-state index contributed by atoms with van der Waals surface area (Å²) < 4.78 is 29.1. The molecule has 1 saturated heterocycles. The van der Waals surface area contributed by atoms with Crippen molar-refractivity contribution in [1.29, 1.82) is 0 Å². The molecule has 0 saturated carbocycles. The van der Waals surface area contributed by atoms with E-state index in [1.165, 1.54) is 49.7 Å². The van der Waals surface area contributed by atoms with Crippen molar-refractivity contribution in [3.63, 3.8) is 0 Å². The average molecular weight is 474 g/mol. The van der Waals surface area contributed by atoms with Crippen LogP contribution in [0.3, 0.4) is 0 Å². The Labute approximate surface area is 199 Å². The summed E-state index contributed by atoms with van der Waals surface area (Å²) in [4.78, 5) is 0. The molecule has 0 unspecified atom stereocenters. The second-order valence-corrected chi connectivity index (χ2v) is 10.9. The molecular weight excluding hydrogens is 433 g/mol. The summed E-state index contributed by atoms with van der Waals surface area (Å²) in [5.41, 5.74) is 9.57. The van der Waals surface area contributed by atoms with Gasteiger partial charge in [0.1, 0.15) is 0 Å². The number of aryl methyl sites for hydroxylation is 2. The summed E-state index contributed by atoms with van der Waals surface area (Å²) in [6.07, 6.45) is 11.3. The maximum Gasteiger partial charge on any atom is 0.474 e. The summed E-state index contributed by atoms with van der Waals surface area (Å²) >= 11 is 0. The Hall–Kier alpha value is -1.49. The number of hydrogen-bond donors (Lipinski definition) is 1. The van der Waals surface area contributed by atoms with Crippen LogP contribution in [0.25, 0.3) is 0 Å². The standard InChI is InChI=1S/C27H40NO4P/c1-2-3-4-5-6-8-13-25-14-16-26(17-15-25)18-20-27(28)22-31-33(29,32-23-27)30-21-19-24-11-9-7-10-12-24/h7,9-12,14-17H,2-6,8,13,18-23,28H2,1H3. The molecule has 2 aromatic carbocycles. The van der Waals surface area contributed by atoms with Gasteiger partial charge in [0.15, 0.2) is 0 Å². The van der Waals surface area contributed by atoms with E-state index in [0.717, 1.165) is 18.4 Å². The smallest absolute Gasteiger partial charge is 0.321 e. The third kappa shape index (κ3) is 9.35. The van der Waals surface area contributed by atoms with Gasteiger partial charge in [-0.05, 0) is 48.8 Å². The molecule has 0 aliphatic carbocycles. The molecule has 3 rings (SSSR count). The fourth-order valence-electron chi connectivity index (χ4n) is 4.01. The number of phosphoric ester groups is 1. The lowest BCUT2D eigenvalue weighted by Crippen LogP contribution is -2.51. The average Bonchev–Trinajstić information content (AvgIpc) is 2.84. The van der Waals surface area contributed by atoms with Crippen molar-refractivity contribution in [2.75, 3.05) is 19.8 Å². The molecule has 1 aliphatic heterocycles. The van der Waals surface area contributed by atoms with Gasteiger partial charge in [0, 0.05) is 0 Å². The van der Waals surface area contributed by atoms with Crippen LogP contribution >= 0.6 is 7.82 Å². The predicted molar refractivity (Wildman–Crippen MR) is 134 cm³/mol. The highest BCUT2D eigenvalue weighted by Gasteiger charge is 2.40. The van der Waals surface area contributed by atoms with Crippen LogP contribution in [0.15, 0.2) is 54.6 Å². The number of unbranched alkanes of at least 4 members (excludes halogenated alkanes) is 5. The van der Waals surface area contributed by atoms with Crippen LogP contribution in [-0.2, 0) is 37.4 Å². The highest BCUT2D eigenvalue weighted by molar-refractivity contribution is 7.48. The van der Waals surface area contributed by atoms with Gasteiger partial charge in [-0.3, -0.25) is 13.6 Å². The van der Waals surface area contributed by atoms with Gasteiger partial charge in [0.05, 0.1) is 25.4 Å². The number of hydrogen-bond acceptors (Lipinski definition) is 5. The van der Waals surface area contributed by atoms with Crippen LogP contribution < -0.4 is 5.73 Å². The molecule has 1 fully saturated rings. The van der Waals surface area contributed by atoms with Gasteiger partial charge in [-0.25, -0.2) is 4.57 Å². The number of rotatable bonds is 14. The van der Waals surface area contributed by atoms with Crippen molar-refractivity contribution in [3.05, 3.63) is 71.3 Å². The molecule has 0 radical (unpaired) electrons. The van der Waals surface area contributed by atoms with Crippen LogP contribution in [0.2, 0.25) is 0 Å². The second-order valence-electron chi connectivity index (χ2n) is 9.26. The van der Waals surface area contributed by atoms with Gasteiger partial charge < -0.3 is 5.73 Å². The number of benzene rings is 2. The van der Waals surface area contributed by atoms with Crippen molar-refractivity contribution in [1.82, 2.24) is 0 Å². The van der Waals surface area contributed by atoms with Crippen LogP contribution in [0, 0.1) is 0 Å². The first-order chi connectivity index (χ1) is 16.0. The fraction of sp³-hybridized carbons (Fsp3) is 0.556. The molecule has 33 heavy (non-hydrogen) atoms. The van der Waals surface area contributed by atoms with Gasteiger partial charge in [-0.1, -0.05) is 93.6 Å². The van der Waals surface area contributed by atoms with E-state index in [0.29, 0.717) is 12.8 Å². The zero-order valence-electron chi connectivity index (χ0n) is 20.0. The summed E-state index contributed by atoms with van der Waals surface area (Å²) in [7, 11) is -3.53. The number of nitrogens with two attached hydrogens (primary N) is 1. The van der Waals surface area contributed by atoms with E-state index in [4.69, 9.17) is 19.3 Å². The molecule has 1 heterocycles. The van der Waals surface area contributed by atoms with Gasteiger partial charge >= 0.3 is 7.82 Å². The van der Waals surface area contributed by atoms with E-state index in [2.05, 4.69) is 31.2 Å². The van der Waals surface area contributed by atoms with E-state index >= 15 is 0 Å². The van der Waals surface area contributed by atoms with E-state index in [1.807, 2.05) is 30.3 Å². The highest BCUT2D eigenvalue weighted by atomic mass is 31.2. The lowest BCUT2D eigenvalue weighted by Gasteiger charge is -2.36. The SMILES string of the molecule is CCCCCCCCc1ccc(CCC2(N)COP(=O)(OCCc3ccccc3)OC2)cc1. The van der Waals surface area contributed by atoms with E-state index < -0.39 is 13.4 Å². The Kier molecular flexibility index (Phi) is 10.6. The fourth-order valence-corrected chi connectivity index (χ4v) is 5.38. The Bertz CT molecular complexity index is 844. The second kappa shape index (κ2) is 13.4. The van der Waals surface area contributed by atoms with Crippen molar-refractivity contribution in [2.24, 2.45) is 5.73 Å². The first-order valence-corrected chi connectivity index (χ1v) is 13.9. The minimum Gasteiger partial charge on any atom is -0.321 e. The zero-order valence-corrected chi connectivity index (χ0v) is 20.9. The number of phosphoric acid groups is 1. The van der Waals surface area contributed by atoms with Crippen LogP contribution in [0.1, 0.15) is 68.6 Å². The summed E-state index contributed by atoms with van der Waals surface area (Å²) in [6, 6.07) is 18.8. The zero-order chi connectivity index (χ0) is 23.4. The molecule has 0 spiro atoms. The largest absolute Gasteiger partial charge is 0.474 e. The maximum atomic E-state index is 12.7. The predicted octanol–water partition coefficient (Wildman–Crippen LogP) is 6.63. The highest BCUT2D eigenvalue weighted by Crippen LogP contribution is 2.53. The molecule has 6 heteroatoms. The van der Waals surface area contributed by atoms with Gasteiger partial charge in [0.2, 0.25) is 0 Å². The molecule has 5 nitrogen and oxygen atoms in total.